The summed E-state index contributed by atoms with van der Waals surface area (Å²) in [6, 6.07) is 1.72. The lowest BCUT2D eigenvalue weighted by Gasteiger charge is -2.30. The van der Waals surface area contributed by atoms with Gasteiger partial charge in [-0.2, -0.15) is 0 Å². The van der Waals surface area contributed by atoms with Gasteiger partial charge >= 0.3 is 0 Å². The lowest BCUT2D eigenvalue weighted by Crippen LogP contribution is -2.41. The largest absolute Gasteiger partial charge is 0.299 e. The Morgan fingerprint density at radius 2 is 1.53 bits per heavy atom. The van der Waals surface area contributed by atoms with Crippen LogP contribution in [0.25, 0.3) is 0 Å². The SMILES string of the molecule is C1=CCC(N2CCCN3CCCC3C2)C1. The molecule has 0 bridgehead atoms. The summed E-state index contributed by atoms with van der Waals surface area (Å²) in [6.45, 7) is 5.38. The molecule has 0 N–H and O–H groups in total. The average molecular weight is 206 g/mol. The predicted octanol–water partition coefficient (Wildman–Crippen LogP) is 1.88. The molecule has 2 saturated heterocycles. The molecule has 0 saturated carbocycles. The van der Waals surface area contributed by atoms with Crippen molar-refractivity contribution in [1.82, 2.24) is 9.80 Å². The zero-order valence-corrected chi connectivity index (χ0v) is 9.57. The molecule has 15 heavy (non-hydrogen) atoms. The number of hydrogen-bond acceptors (Lipinski definition) is 2. The van der Waals surface area contributed by atoms with Crippen LogP contribution in [0.1, 0.15) is 32.1 Å². The molecule has 2 heteroatoms. The van der Waals surface area contributed by atoms with Crippen molar-refractivity contribution in [3.05, 3.63) is 12.2 Å². The number of hydrogen-bond donors (Lipinski definition) is 0. The lowest BCUT2D eigenvalue weighted by atomic mass is 10.1. The second-order valence-electron chi connectivity index (χ2n) is 5.28. The maximum absolute atomic E-state index is 2.76. The van der Waals surface area contributed by atoms with Gasteiger partial charge in [-0.3, -0.25) is 9.80 Å². The van der Waals surface area contributed by atoms with Crippen LogP contribution in [-0.2, 0) is 0 Å². The molecule has 1 aliphatic carbocycles. The fourth-order valence-corrected chi connectivity index (χ4v) is 3.47. The Kier molecular flexibility index (Phi) is 2.80. The number of rotatable bonds is 1. The van der Waals surface area contributed by atoms with Gasteiger partial charge in [-0.25, -0.2) is 0 Å². The highest BCUT2D eigenvalue weighted by atomic mass is 15.3. The summed E-state index contributed by atoms with van der Waals surface area (Å²) < 4.78 is 0. The molecule has 0 aromatic rings. The first-order valence-electron chi connectivity index (χ1n) is 6.56. The molecule has 0 aromatic carbocycles. The zero-order chi connectivity index (χ0) is 10.1. The molecule has 0 radical (unpaired) electrons. The van der Waals surface area contributed by atoms with Crippen molar-refractivity contribution >= 4 is 0 Å². The number of fused-ring (bicyclic) bond motifs is 1. The van der Waals surface area contributed by atoms with Gasteiger partial charge in [0.1, 0.15) is 0 Å². The first-order chi connectivity index (χ1) is 7.43. The summed E-state index contributed by atoms with van der Waals surface area (Å²) in [5.74, 6) is 0. The van der Waals surface area contributed by atoms with Gasteiger partial charge in [0.05, 0.1) is 0 Å². The third-order valence-corrected chi connectivity index (χ3v) is 4.33. The van der Waals surface area contributed by atoms with Gasteiger partial charge in [-0.05, 0) is 51.7 Å². The van der Waals surface area contributed by atoms with Crippen molar-refractivity contribution in [2.24, 2.45) is 0 Å². The molecule has 1 unspecified atom stereocenters. The van der Waals surface area contributed by atoms with Gasteiger partial charge in [-0.1, -0.05) is 12.2 Å². The molecular formula is C13H22N2. The van der Waals surface area contributed by atoms with Crippen LogP contribution in [-0.4, -0.2) is 48.1 Å². The second kappa shape index (κ2) is 4.26. The molecule has 2 nitrogen and oxygen atoms in total. The van der Waals surface area contributed by atoms with Crippen molar-refractivity contribution < 1.29 is 0 Å². The Labute approximate surface area is 92.9 Å². The fourth-order valence-electron chi connectivity index (χ4n) is 3.47. The van der Waals surface area contributed by atoms with Crippen LogP contribution < -0.4 is 0 Å². The van der Waals surface area contributed by atoms with Gasteiger partial charge in [0.2, 0.25) is 0 Å². The van der Waals surface area contributed by atoms with E-state index in [0.717, 1.165) is 12.1 Å². The zero-order valence-electron chi connectivity index (χ0n) is 9.57. The van der Waals surface area contributed by atoms with E-state index >= 15 is 0 Å². The van der Waals surface area contributed by atoms with Gasteiger partial charge < -0.3 is 0 Å². The normalized spacial score (nSPS) is 34.5. The van der Waals surface area contributed by atoms with Gasteiger partial charge in [-0.15, -0.1) is 0 Å². The maximum atomic E-state index is 2.76. The van der Waals surface area contributed by atoms with Crippen molar-refractivity contribution in [1.29, 1.82) is 0 Å². The summed E-state index contributed by atoms with van der Waals surface area (Å²) in [6.07, 6.45) is 11.6. The first kappa shape index (κ1) is 9.86. The van der Waals surface area contributed by atoms with Crippen molar-refractivity contribution in [2.45, 2.75) is 44.2 Å². The molecule has 84 valence electrons. The molecule has 0 aromatic heterocycles. The highest BCUT2D eigenvalue weighted by Gasteiger charge is 2.31. The van der Waals surface area contributed by atoms with E-state index in [-0.39, 0.29) is 0 Å². The Bertz CT molecular complexity index is 241. The minimum absolute atomic E-state index is 0.838. The summed E-state index contributed by atoms with van der Waals surface area (Å²) in [7, 11) is 0. The Morgan fingerprint density at radius 1 is 0.800 bits per heavy atom. The van der Waals surface area contributed by atoms with E-state index in [2.05, 4.69) is 22.0 Å². The molecule has 2 fully saturated rings. The predicted molar refractivity (Wildman–Crippen MR) is 62.9 cm³/mol. The third-order valence-electron chi connectivity index (χ3n) is 4.33. The van der Waals surface area contributed by atoms with E-state index in [1.807, 2.05) is 0 Å². The minimum Gasteiger partial charge on any atom is -0.299 e. The summed E-state index contributed by atoms with van der Waals surface area (Å²) in [5.41, 5.74) is 0. The van der Waals surface area contributed by atoms with Gasteiger partial charge in [0.15, 0.2) is 0 Å². The molecule has 0 spiro atoms. The van der Waals surface area contributed by atoms with Crippen LogP contribution in [0.15, 0.2) is 12.2 Å². The highest BCUT2D eigenvalue weighted by Crippen LogP contribution is 2.25. The Morgan fingerprint density at radius 3 is 2.40 bits per heavy atom. The van der Waals surface area contributed by atoms with Crippen LogP contribution in [0, 0.1) is 0 Å². The van der Waals surface area contributed by atoms with Crippen LogP contribution in [0.3, 0.4) is 0 Å². The van der Waals surface area contributed by atoms with Crippen molar-refractivity contribution in [2.75, 3.05) is 26.2 Å². The van der Waals surface area contributed by atoms with Gasteiger partial charge in [0.25, 0.3) is 0 Å². The van der Waals surface area contributed by atoms with Crippen LogP contribution >= 0.6 is 0 Å². The van der Waals surface area contributed by atoms with E-state index in [4.69, 9.17) is 0 Å². The van der Waals surface area contributed by atoms with Crippen molar-refractivity contribution in [3.63, 3.8) is 0 Å². The van der Waals surface area contributed by atoms with E-state index < -0.39 is 0 Å². The average Bonchev–Trinajstić information content (AvgIpc) is 2.86. The highest BCUT2D eigenvalue weighted by molar-refractivity contribution is 5.00. The molecule has 3 aliphatic rings. The minimum atomic E-state index is 0.838. The first-order valence-corrected chi connectivity index (χ1v) is 6.56. The summed E-state index contributed by atoms with van der Waals surface area (Å²) in [4.78, 5) is 5.48. The lowest BCUT2D eigenvalue weighted by molar-refractivity contribution is 0.177. The Balaban J connectivity index is 1.64. The van der Waals surface area contributed by atoms with E-state index in [9.17, 15) is 0 Å². The molecular weight excluding hydrogens is 184 g/mol. The van der Waals surface area contributed by atoms with Crippen LogP contribution in [0.4, 0.5) is 0 Å². The van der Waals surface area contributed by atoms with E-state index in [1.54, 1.807) is 0 Å². The van der Waals surface area contributed by atoms with Crippen LogP contribution in [0.5, 0.6) is 0 Å². The van der Waals surface area contributed by atoms with Gasteiger partial charge in [0, 0.05) is 18.6 Å². The monoisotopic (exact) mass is 206 g/mol. The van der Waals surface area contributed by atoms with E-state index in [1.165, 1.54) is 58.3 Å². The van der Waals surface area contributed by atoms with E-state index in [0.29, 0.717) is 0 Å². The van der Waals surface area contributed by atoms with Crippen molar-refractivity contribution in [3.8, 4) is 0 Å². The standard InChI is InChI=1S/C13H22N2/c1-2-6-12(5-1)15-10-4-9-14-8-3-7-13(14)11-15/h1-2,12-13H,3-11H2. The quantitative estimate of drug-likeness (QED) is 0.604. The summed E-state index contributed by atoms with van der Waals surface area (Å²) >= 11 is 0. The summed E-state index contributed by atoms with van der Waals surface area (Å²) in [5, 5.41) is 0. The van der Waals surface area contributed by atoms with Crippen LogP contribution in [0.2, 0.25) is 0 Å². The molecule has 2 heterocycles. The molecule has 2 aliphatic heterocycles. The molecule has 3 rings (SSSR count). The molecule has 0 amide bonds. The Hall–Kier alpha value is -0.340. The molecule has 1 atom stereocenters. The third kappa shape index (κ3) is 1.98. The fraction of sp³-hybridized carbons (Fsp3) is 0.846. The smallest absolute Gasteiger partial charge is 0.0223 e. The topological polar surface area (TPSA) is 6.48 Å². The maximum Gasteiger partial charge on any atom is 0.0223 e. The number of nitrogens with zero attached hydrogens (tertiary/aromatic N) is 2. The second-order valence-corrected chi connectivity index (χ2v) is 5.28.